The Balaban J connectivity index is 2.39. The molecule has 0 radical (unpaired) electrons. The van der Waals surface area contributed by atoms with E-state index in [1.54, 1.807) is 0 Å². The fourth-order valence-electron chi connectivity index (χ4n) is 2.82. The first-order chi connectivity index (χ1) is 7.39. The van der Waals surface area contributed by atoms with Crippen LogP contribution < -0.4 is 5.69 Å². The average Bonchev–Trinajstić information content (AvgIpc) is 2.44. The van der Waals surface area contributed by atoms with Gasteiger partial charge in [-0.05, 0) is 44.6 Å². The van der Waals surface area contributed by atoms with E-state index in [-0.39, 0.29) is 5.69 Å². The van der Waals surface area contributed by atoms with Crippen molar-refractivity contribution in [1.29, 1.82) is 0 Å². The number of hydrogen-bond donors (Lipinski definition) is 0. The minimum atomic E-state index is -0.0831. The quantitative estimate of drug-likeness (QED) is 0.729. The van der Waals surface area contributed by atoms with Crippen LogP contribution in [0.1, 0.15) is 50.5 Å². The van der Waals surface area contributed by atoms with E-state index in [1.807, 2.05) is 24.5 Å². The van der Waals surface area contributed by atoms with Crippen LogP contribution in [0.25, 0.3) is 0 Å². The summed E-state index contributed by atoms with van der Waals surface area (Å²) in [7, 11) is 0. The molecule has 1 heterocycles. The Bertz CT molecular complexity index is 459. The number of rotatable bonds is 1. The Morgan fingerprint density at radius 2 is 2.12 bits per heavy atom. The molecule has 1 aromatic rings. The molecule has 0 bridgehead atoms. The maximum atomic E-state index is 11.9. The smallest absolute Gasteiger partial charge is 0.294 e. The molecule has 3 heteroatoms. The van der Waals surface area contributed by atoms with Gasteiger partial charge in [-0.25, -0.2) is 4.79 Å². The van der Waals surface area contributed by atoms with Crippen LogP contribution in [0.3, 0.4) is 0 Å². The van der Waals surface area contributed by atoms with E-state index in [0.29, 0.717) is 11.5 Å². The first-order valence-corrected chi connectivity index (χ1v) is 5.96. The fraction of sp³-hybridized carbons (Fsp3) is 0.692. The molecule has 88 valence electrons. The van der Waals surface area contributed by atoms with Gasteiger partial charge in [0.1, 0.15) is 0 Å². The average molecular weight is 220 g/mol. The Morgan fingerprint density at radius 1 is 1.44 bits per heavy atom. The van der Waals surface area contributed by atoms with Gasteiger partial charge in [0.15, 0.2) is 0 Å². The van der Waals surface area contributed by atoms with Gasteiger partial charge in [-0.3, -0.25) is 4.57 Å². The van der Waals surface area contributed by atoms with Gasteiger partial charge in [0.25, 0.3) is 0 Å². The van der Waals surface area contributed by atoms with Gasteiger partial charge < -0.3 is 0 Å². The summed E-state index contributed by atoms with van der Waals surface area (Å²) in [5.74, 6) is 0. The predicted octanol–water partition coefficient (Wildman–Crippen LogP) is 2.61. The van der Waals surface area contributed by atoms with Crippen LogP contribution >= 0.6 is 0 Å². The van der Waals surface area contributed by atoms with Gasteiger partial charge in [0.05, 0.1) is 0 Å². The van der Waals surface area contributed by atoms with Crippen LogP contribution in [0.5, 0.6) is 0 Å². The summed E-state index contributed by atoms with van der Waals surface area (Å²) in [6, 6.07) is 2.34. The standard InChI is InChI=1S/C13H20N2O/c1-9-7-10(2)15(12(16)14-9)11-5-6-13(3,4)8-11/h7,11H,5-6,8H2,1-4H3. The highest BCUT2D eigenvalue weighted by Crippen LogP contribution is 2.43. The third-order valence-electron chi connectivity index (χ3n) is 3.58. The van der Waals surface area contributed by atoms with E-state index in [4.69, 9.17) is 0 Å². The number of aromatic nitrogens is 2. The number of nitrogens with zero attached hydrogens (tertiary/aromatic N) is 2. The molecule has 1 unspecified atom stereocenters. The van der Waals surface area contributed by atoms with Gasteiger partial charge in [0.2, 0.25) is 0 Å². The highest BCUT2D eigenvalue weighted by molar-refractivity contribution is 5.08. The summed E-state index contributed by atoms with van der Waals surface area (Å²) in [4.78, 5) is 15.9. The van der Waals surface area contributed by atoms with Crippen LogP contribution in [-0.2, 0) is 0 Å². The molecule has 2 rings (SSSR count). The van der Waals surface area contributed by atoms with E-state index in [2.05, 4.69) is 18.8 Å². The van der Waals surface area contributed by atoms with Crippen molar-refractivity contribution in [2.75, 3.05) is 0 Å². The molecule has 0 saturated heterocycles. The molecule has 0 aromatic carbocycles. The Morgan fingerprint density at radius 3 is 2.62 bits per heavy atom. The van der Waals surface area contributed by atoms with Crippen LogP contribution in [0.4, 0.5) is 0 Å². The van der Waals surface area contributed by atoms with Gasteiger partial charge in [0, 0.05) is 17.4 Å². The molecule has 16 heavy (non-hydrogen) atoms. The van der Waals surface area contributed by atoms with Crippen LogP contribution in [-0.4, -0.2) is 9.55 Å². The first kappa shape index (κ1) is 11.4. The van der Waals surface area contributed by atoms with Gasteiger partial charge >= 0.3 is 5.69 Å². The molecule has 1 fully saturated rings. The largest absolute Gasteiger partial charge is 0.348 e. The summed E-state index contributed by atoms with van der Waals surface area (Å²) in [6.45, 7) is 8.42. The first-order valence-electron chi connectivity index (χ1n) is 5.96. The predicted molar refractivity (Wildman–Crippen MR) is 64.6 cm³/mol. The maximum absolute atomic E-state index is 11.9. The zero-order chi connectivity index (χ0) is 11.9. The maximum Gasteiger partial charge on any atom is 0.348 e. The van der Waals surface area contributed by atoms with Crippen molar-refractivity contribution in [3.63, 3.8) is 0 Å². The highest BCUT2D eigenvalue weighted by atomic mass is 16.1. The molecular formula is C13H20N2O. The lowest BCUT2D eigenvalue weighted by atomic mass is 9.92. The Labute approximate surface area is 96.5 Å². The molecule has 1 aliphatic carbocycles. The van der Waals surface area contributed by atoms with Crippen molar-refractivity contribution in [1.82, 2.24) is 9.55 Å². The van der Waals surface area contributed by atoms with Crippen LogP contribution in [0.15, 0.2) is 10.9 Å². The monoisotopic (exact) mass is 220 g/mol. The van der Waals surface area contributed by atoms with Gasteiger partial charge in [-0.15, -0.1) is 0 Å². The minimum absolute atomic E-state index is 0.0831. The van der Waals surface area contributed by atoms with Crippen molar-refractivity contribution in [3.8, 4) is 0 Å². The summed E-state index contributed by atoms with van der Waals surface area (Å²) in [5.41, 5.74) is 2.14. The normalized spacial score (nSPS) is 23.6. The van der Waals surface area contributed by atoms with E-state index in [9.17, 15) is 4.79 Å². The van der Waals surface area contributed by atoms with E-state index >= 15 is 0 Å². The second kappa shape index (κ2) is 3.72. The van der Waals surface area contributed by atoms with Crippen LogP contribution in [0.2, 0.25) is 0 Å². The van der Waals surface area contributed by atoms with E-state index in [0.717, 1.165) is 24.2 Å². The van der Waals surface area contributed by atoms with Gasteiger partial charge in [-0.1, -0.05) is 13.8 Å². The third kappa shape index (κ3) is 2.04. The van der Waals surface area contributed by atoms with E-state index in [1.165, 1.54) is 6.42 Å². The van der Waals surface area contributed by atoms with Gasteiger partial charge in [-0.2, -0.15) is 4.98 Å². The lowest BCUT2D eigenvalue weighted by Crippen LogP contribution is -2.28. The molecule has 1 aliphatic rings. The van der Waals surface area contributed by atoms with Crippen LogP contribution in [0, 0.1) is 19.3 Å². The summed E-state index contributed by atoms with van der Waals surface area (Å²) in [5, 5.41) is 0. The molecule has 1 atom stereocenters. The number of aryl methyl sites for hydroxylation is 2. The van der Waals surface area contributed by atoms with Crippen molar-refractivity contribution in [3.05, 3.63) is 27.9 Å². The lowest BCUT2D eigenvalue weighted by molar-refractivity contribution is 0.353. The third-order valence-corrected chi connectivity index (χ3v) is 3.58. The molecule has 0 amide bonds. The Hall–Kier alpha value is -1.12. The zero-order valence-electron chi connectivity index (χ0n) is 10.6. The van der Waals surface area contributed by atoms with E-state index < -0.39 is 0 Å². The molecule has 3 nitrogen and oxygen atoms in total. The fourth-order valence-corrected chi connectivity index (χ4v) is 2.82. The second-order valence-electron chi connectivity index (χ2n) is 5.75. The Kier molecular flexibility index (Phi) is 2.64. The van der Waals surface area contributed by atoms with Crippen molar-refractivity contribution < 1.29 is 0 Å². The van der Waals surface area contributed by atoms with Crippen molar-refractivity contribution in [2.45, 2.75) is 53.0 Å². The minimum Gasteiger partial charge on any atom is -0.294 e. The number of hydrogen-bond acceptors (Lipinski definition) is 2. The molecular weight excluding hydrogens is 200 g/mol. The lowest BCUT2D eigenvalue weighted by Gasteiger charge is -2.20. The summed E-state index contributed by atoms with van der Waals surface area (Å²) >= 11 is 0. The summed E-state index contributed by atoms with van der Waals surface area (Å²) in [6.07, 6.45) is 3.37. The SMILES string of the molecule is Cc1cc(C)n(C2CCC(C)(C)C2)c(=O)n1. The topological polar surface area (TPSA) is 34.9 Å². The van der Waals surface area contributed by atoms with Crippen molar-refractivity contribution in [2.24, 2.45) is 5.41 Å². The highest BCUT2D eigenvalue weighted by Gasteiger charge is 2.32. The molecule has 0 spiro atoms. The zero-order valence-corrected chi connectivity index (χ0v) is 10.6. The second-order valence-corrected chi connectivity index (χ2v) is 5.75. The molecule has 1 aromatic heterocycles. The molecule has 1 saturated carbocycles. The molecule has 0 N–H and O–H groups in total. The van der Waals surface area contributed by atoms with Crippen molar-refractivity contribution >= 4 is 0 Å². The summed E-state index contributed by atoms with van der Waals surface area (Å²) < 4.78 is 1.88. The molecule has 0 aliphatic heterocycles.